The molecule has 4 rings (SSSR count). The molecule has 0 spiro atoms. The van der Waals surface area contributed by atoms with Gasteiger partial charge in [-0.3, -0.25) is 9.59 Å². The first kappa shape index (κ1) is 22.5. The molecule has 0 amide bonds. The smallest absolute Gasteiger partial charge is 0.202 e. The summed E-state index contributed by atoms with van der Waals surface area (Å²) in [5.41, 5.74) is 0.128. The van der Waals surface area contributed by atoms with Crippen LogP contribution in [0.2, 0.25) is 0 Å². The highest BCUT2D eigenvalue weighted by molar-refractivity contribution is 6.39. The Hall–Kier alpha value is -0.700. The van der Waals surface area contributed by atoms with Gasteiger partial charge in [-0.25, -0.2) is 0 Å². The van der Waals surface area contributed by atoms with Crippen LogP contribution in [0.15, 0.2) is 0 Å². The van der Waals surface area contributed by atoms with Crippen LogP contribution in [0.4, 0.5) is 0 Å². The Morgan fingerprint density at radius 2 is 1.57 bits per heavy atom. The molecule has 4 aliphatic rings. The molecule has 0 radical (unpaired) electrons. The van der Waals surface area contributed by atoms with E-state index < -0.39 is 6.10 Å². The van der Waals surface area contributed by atoms with Crippen LogP contribution in [0.5, 0.6) is 0 Å². The van der Waals surface area contributed by atoms with Crippen molar-refractivity contribution in [1.82, 2.24) is 0 Å². The van der Waals surface area contributed by atoms with E-state index in [1.807, 2.05) is 0 Å². The van der Waals surface area contributed by atoms with E-state index in [9.17, 15) is 14.7 Å². The third-order valence-corrected chi connectivity index (χ3v) is 10.5. The number of aliphatic hydroxyl groups is 1. The summed E-state index contributed by atoms with van der Waals surface area (Å²) in [6, 6.07) is 0. The van der Waals surface area contributed by atoms with E-state index in [0.29, 0.717) is 30.1 Å². The van der Waals surface area contributed by atoms with E-state index in [2.05, 4.69) is 34.6 Å². The van der Waals surface area contributed by atoms with Gasteiger partial charge in [0.1, 0.15) is 0 Å². The van der Waals surface area contributed by atoms with E-state index in [1.54, 1.807) is 0 Å². The fourth-order valence-corrected chi connectivity index (χ4v) is 8.77. The molecular weight excluding hydrogens is 372 g/mol. The second-order valence-corrected chi connectivity index (χ2v) is 12.5. The van der Waals surface area contributed by atoms with E-state index in [-0.39, 0.29) is 34.2 Å². The van der Waals surface area contributed by atoms with Crippen molar-refractivity contribution in [2.75, 3.05) is 0 Å². The molecular formula is C27H44O3. The molecule has 1 unspecified atom stereocenters. The Balaban J connectivity index is 1.56. The lowest BCUT2D eigenvalue weighted by Gasteiger charge is -2.59. The predicted molar refractivity (Wildman–Crippen MR) is 120 cm³/mol. The van der Waals surface area contributed by atoms with Crippen LogP contribution in [0.25, 0.3) is 0 Å². The van der Waals surface area contributed by atoms with Gasteiger partial charge >= 0.3 is 0 Å². The number of rotatable bonds is 5. The minimum atomic E-state index is -0.409. The highest BCUT2D eigenvalue weighted by atomic mass is 16.3. The molecule has 170 valence electrons. The summed E-state index contributed by atoms with van der Waals surface area (Å²) in [5, 5.41) is 10.2. The van der Waals surface area contributed by atoms with Gasteiger partial charge in [0.15, 0.2) is 0 Å². The van der Waals surface area contributed by atoms with Gasteiger partial charge in [0.2, 0.25) is 11.6 Å². The van der Waals surface area contributed by atoms with Crippen molar-refractivity contribution in [3.05, 3.63) is 0 Å². The molecule has 0 aromatic heterocycles. The van der Waals surface area contributed by atoms with Crippen LogP contribution in [0, 0.1) is 52.3 Å². The molecule has 3 nitrogen and oxygen atoms in total. The minimum absolute atomic E-state index is 0.0550. The van der Waals surface area contributed by atoms with E-state index in [4.69, 9.17) is 0 Å². The number of carbonyl (C=O) groups is 2. The fraction of sp³-hybridized carbons (Fsp3) is 0.926. The van der Waals surface area contributed by atoms with Gasteiger partial charge in [-0.1, -0.05) is 53.9 Å². The molecule has 9 atom stereocenters. The molecule has 0 aliphatic heterocycles. The monoisotopic (exact) mass is 416 g/mol. The molecule has 1 N–H and O–H groups in total. The van der Waals surface area contributed by atoms with Crippen molar-refractivity contribution in [3.63, 3.8) is 0 Å². The SMILES string of the molecule is CC(C)CCC[C@@H](C)[C@H]1CC[C@H]2[C@@H]3C(=O)C(=O)C4C[C@@H](O)CC[C@]4(C)[C@H]3CC[C@]12C. The van der Waals surface area contributed by atoms with Crippen molar-refractivity contribution < 1.29 is 14.7 Å². The molecule has 0 aromatic carbocycles. The average Bonchev–Trinajstić information content (AvgIpc) is 3.04. The Morgan fingerprint density at radius 3 is 2.27 bits per heavy atom. The maximum Gasteiger partial charge on any atom is 0.202 e. The van der Waals surface area contributed by atoms with Crippen molar-refractivity contribution in [1.29, 1.82) is 0 Å². The fourth-order valence-electron chi connectivity index (χ4n) is 8.77. The number of aliphatic hydroxyl groups excluding tert-OH is 1. The van der Waals surface area contributed by atoms with Crippen LogP contribution < -0.4 is 0 Å². The molecule has 4 fully saturated rings. The summed E-state index contributed by atoms with van der Waals surface area (Å²) in [4.78, 5) is 26.7. The van der Waals surface area contributed by atoms with Crippen LogP contribution >= 0.6 is 0 Å². The topological polar surface area (TPSA) is 54.4 Å². The number of Topliss-reactive ketones (excluding diaryl/α,β-unsaturated/α-hetero) is 2. The molecule has 0 bridgehead atoms. The summed E-state index contributed by atoms with van der Waals surface area (Å²) in [7, 11) is 0. The Bertz CT molecular complexity index is 684. The number of hydrogen-bond acceptors (Lipinski definition) is 3. The Labute approximate surface area is 183 Å². The van der Waals surface area contributed by atoms with Crippen molar-refractivity contribution >= 4 is 11.6 Å². The van der Waals surface area contributed by atoms with E-state index in [0.717, 1.165) is 31.6 Å². The number of carbonyl (C=O) groups excluding carboxylic acids is 2. The quantitative estimate of drug-likeness (QED) is 0.574. The van der Waals surface area contributed by atoms with Gasteiger partial charge in [-0.05, 0) is 85.4 Å². The maximum absolute atomic E-state index is 13.4. The summed E-state index contributed by atoms with van der Waals surface area (Å²) in [5.74, 6) is 2.38. The standard InChI is InChI=1S/C27H44O3/c1-16(2)7-6-8-17(3)19-9-10-20-23-21(12-14-26(19,20)4)27(5)13-11-18(28)15-22(27)24(29)25(23)30/h16-23,28H,6-15H2,1-5H3/t17-,18+,19-,20+,21+,22?,23+,26-,27-/m1/s1. The largest absolute Gasteiger partial charge is 0.393 e. The van der Waals surface area contributed by atoms with Gasteiger partial charge in [0, 0.05) is 11.8 Å². The van der Waals surface area contributed by atoms with Crippen molar-refractivity contribution in [3.8, 4) is 0 Å². The molecule has 4 saturated carbocycles. The van der Waals surface area contributed by atoms with Crippen LogP contribution in [0.1, 0.15) is 98.8 Å². The summed E-state index contributed by atoms with van der Waals surface area (Å²) < 4.78 is 0. The van der Waals surface area contributed by atoms with Crippen LogP contribution in [-0.4, -0.2) is 22.8 Å². The van der Waals surface area contributed by atoms with Crippen LogP contribution in [0.3, 0.4) is 0 Å². The minimum Gasteiger partial charge on any atom is -0.393 e. The zero-order valence-electron chi connectivity index (χ0n) is 20.0. The third-order valence-electron chi connectivity index (χ3n) is 10.5. The first-order valence-electron chi connectivity index (χ1n) is 12.9. The first-order valence-corrected chi connectivity index (χ1v) is 12.9. The normalized spacial score (nSPS) is 47.0. The number of hydrogen-bond donors (Lipinski definition) is 1. The lowest BCUT2D eigenvalue weighted by Crippen LogP contribution is -2.61. The Kier molecular flexibility index (Phi) is 6.01. The lowest BCUT2D eigenvalue weighted by atomic mass is 9.43. The van der Waals surface area contributed by atoms with Gasteiger partial charge in [0.05, 0.1) is 6.10 Å². The summed E-state index contributed by atoms with van der Waals surface area (Å²) >= 11 is 0. The molecule has 0 saturated heterocycles. The second kappa shape index (κ2) is 8.01. The third kappa shape index (κ3) is 3.42. The highest BCUT2D eigenvalue weighted by Gasteiger charge is 2.65. The van der Waals surface area contributed by atoms with Gasteiger partial charge in [0.25, 0.3) is 0 Å². The first-order chi connectivity index (χ1) is 14.1. The average molecular weight is 417 g/mol. The van der Waals surface area contributed by atoms with Gasteiger partial charge in [-0.15, -0.1) is 0 Å². The zero-order valence-corrected chi connectivity index (χ0v) is 20.0. The molecule has 0 heterocycles. The van der Waals surface area contributed by atoms with Crippen molar-refractivity contribution in [2.45, 2.75) is 105 Å². The van der Waals surface area contributed by atoms with E-state index in [1.165, 1.54) is 32.1 Å². The molecule has 0 aromatic rings. The molecule has 4 aliphatic carbocycles. The van der Waals surface area contributed by atoms with Gasteiger partial charge < -0.3 is 5.11 Å². The van der Waals surface area contributed by atoms with Crippen molar-refractivity contribution in [2.24, 2.45) is 52.3 Å². The lowest BCUT2D eigenvalue weighted by molar-refractivity contribution is -0.171. The van der Waals surface area contributed by atoms with Gasteiger partial charge in [-0.2, -0.15) is 0 Å². The second-order valence-electron chi connectivity index (χ2n) is 12.5. The molecule has 3 heteroatoms. The Morgan fingerprint density at radius 1 is 0.900 bits per heavy atom. The van der Waals surface area contributed by atoms with E-state index >= 15 is 0 Å². The molecule has 30 heavy (non-hydrogen) atoms. The summed E-state index contributed by atoms with van der Waals surface area (Å²) in [6.45, 7) is 11.8. The maximum atomic E-state index is 13.4. The van der Waals surface area contributed by atoms with Crippen LogP contribution in [-0.2, 0) is 9.59 Å². The predicted octanol–water partition coefficient (Wildman–Crippen LogP) is 5.83. The summed E-state index contributed by atoms with van der Waals surface area (Å²) in [6.07, 6.45) is 10.3. The zero-order chi connectivity index (χ0) is 21.8. The number of fused-ring (bicyclic) bond motifs is 5. The number of ketones is 2. The highest BCUT2D eigenvalue weighted by Crippen LogP contribution is 2.67.